The Labute approximate surface area is 112 Å². The van der Waals surface area contributed by atoms with Gasteiger partial charge in [0, 0.05) is 5.02 Å². The van der Waals surface area contributed by atoms with Gasteiger partial charge in [0.1, 0.15) is 5.82 Å². The molecule has 0 bridgehead atoms. The Hall–Kier alpha value is -1.38. The summed E-state index contributed by atoms with van der Waals surface area (Å²) in [6, 6.07) is 14.5. The molecule has 0 aliphatic carbocycles. The third-order valence-electron chi connectivity index (χ3n) is 2.81. The molecule has 0 heterocycles. The summed E-state index contributed by atoms with van der Waals surface area (Å²) in [4.78, 5) is 0. The monoisotopic (exact) mass is 263 g/mol. The predicted octanol–water partition coefficient (Wildman–Crippen LogP) is 4.18. The minimum Gasteiger partial charge on any atom is -0.306 e. The largest absolute Gasteiger partial charge is 0.306 e. The first-order valence-corrected chi connectivity index (χ1v) is 6.33. The zero-order valence-electron chi connectivity index (χ0n) is 10.2. The lowest BCUT2D eigenvalue weighted by atomic mass is 9.98. The standard InChI is InChI=1S/C15H15ClFN/c1-2-18-15(11-6-4-3-5-7-11)13-9-8-12(17)10-14(13)16/h3-10,15,18H,2H2,1H3. The van der Waals surface area contributed by atoms with Crippen molar-refractivity contribution < 1.29 is 4.39 Å². The van der Waals surface area contributed by atoms with Crippen LogP contribution < -0.4 is 5.32 Å². The van der Waals surface area contributed by atoms with E-state index in [1.165, 1.54) is 12.1 Å². The van der Waals surface area contributed by atoms with Crippen LogP contribution in [-0.4, -0.2) is 6.54 Å². The van der Waals surface area contributed by atoms with Crippen molar-refractivity contribution in [2.45, 2.75) is 13.0 Å². The second-order valence-corrected chi connectivity index (χ2v) is 4.47. The van der Waals surface area contributed by atoms with E-state index in [0.29, 0.717) is 5.02 Å². The van der Waals surface area contributed by atoms with Crippen molar-refractivity contribution in [2.75, 3.05) is 6.54 Å². The number of rotatable bonds is 4. The number of hydrogen-bond donors (Lipinski definition) is 1. The van der Waals surface area contributed by atoms with Crippen molar-refractivity contribution in [3.63, 3.8) is 0 Å². The molecular weight excluding hydrogens is 249 g/mol. The van der Waals surface area contributed by atoms with Crippen LogP contribution in [0.5, 0.6) is 0 Å². The molecule has 2 aromatic rings. The number of nitrogens with one attached hydrogen (secondary N) is 1. The Morgan fingerprint density at radius 2 is 1.89 bits per heavy atom. The van der Waals surface area contributed by atoms with Gasteiger partial charge in [-0.15, -0.1) is 0 Å². The molecule has 2 rings (SSSR count). The van der Waals surface area contributed by atoms with Gasteiger partial charge in [0.2, 0.25) is 0 Å². The third-order valence-corrected chi connectivity index (χ3v) is 3.14. The van der Waals surface area contributed by atoms with E-state index in [0.717, 1.165) is 17.7 Å². The summed E-state index contributed by atoms with van der Waals surface area (Å²) < 4.78 is 13.1. The second-order valence-electron chi connectivity index (χ2n) is 4.07. The molecule has 1 N–H and O–H groups in total. The van der Waals surface area contributed by atoms with Gasteiger partial charge in [-0.2, -0.15) is 0 Å². The summed E-state index contributed by atoms with van der Waals surface area (Å²) in [6.45, 7) is 2.85. The molecule has 0 radical (unpaired) electrons. The molecule has 0 fully saturated rings. The molecule has 0 saturated carbocycles. The highest BCUT2D eigenvalue weighted by molar-refractivity contribution is 6.31. The fourth-order valence-electron chi connectivity index (χ4n) is 1.99. The molecule has 1 atom stereocenters. The molecule has 0 spiro atoms. The summed E-state index contributed by atoms with van der Waals surface area (Å²) >= 11 is 6.13. The van der Waals surface area contributed by atoms with Gasteiger partial charge in [0.15, 0.2) is 0 Å². The van der Waals surface area contributed by atoms with Crippen molar-refractivity contribution >= 4 is 11.6 Å². The van der Waals surface area contributed by atoms with Crippen LogP contribution in [0.25, 0.3) is 0 Å². The van der Waals surface area contributed by atoms with Crippen molar-refractivity contribution in [2.24, 2.45) is 0 Å². The van der Waals surface area contributed by atoms with Gasteiger partial charge in [0.25, 0.3) is 0 Å². The normalized spacial score (nSPS) is 12.4. The summed E-state index contributed by atoms with van der Waals surface area (Å²) in [5, 5.41) is 3.82. The topological polar surface area (TPSA) is 12.0 Å². The van der Waals surface area contributed by atoms with Crippen LogP contribution in [-0.2, 0) is 0 Å². The van der Waals surface area contributed by atoms with E-state index in [1.807, 2.05) is 37.3 Å². The maximum Gasteiger partial charge on any atom is 0.124 e. The average molecular weight is 264 g/mol. The zero-order chi connectivity index (χ0) is 13.0. The molecule has 1 unspecified atom stereocenters. The van der Waals surface area contributed by atoms with Crippen LogP contribution in [0.3, 0.4) is 0 Å². The zero-order valence-corrected chi connectivity index (χ0v) is 10.9. The fraction of sp³-hybridized carbons (Fsp3) is 0.200. The predicted molar refractivity (Wildman–Crippen MR) is 73.4 cm³/mol. The van der Waals surface area contributed by atoms with Gasteiger partial charge in [-0.3, -0.25) is 0 Å². The molecule has 18 heavy (non-hydrogen) atoms. The van der Waals surface area contributed by atoms with Gasteiger partial charge in [0.05, 0.1) is 6.04 Å². The van der Waals surface area contributed by atoms with Crippen LogP contribution in [0.15, 0.2) is 48.5 Å². The lowest BCUT2D eigenvalue weighted by Gasteiger charge is -2.20. The lowest BCUT2D eigenvalue weighted by Crippen LogP contribution is -2.22. The van der Waals surface area contributed by atoms with E-state index in [9.17, 15) is 4.39 Å². The van der Waals surface area contributed by atoms with Gasteiger partial charge >= 0.3 is 0 Å². The van der Waals surface area contributed by atoms with Gasteiger partial charge in [-0.25, -0.2) is 4.39 Å². The van der Waals surface area contributed by atoms with Crippen LogP contribution >= 0.6 is 11.6 Å². The molecule has 0 aliphatic heterocycles. The molecule has 0 amide bonds. The Morgan fingerprint density at radius 1 is 1.17 bits per heavy atom. The quantitative estimate of drug-likeness (QED) is 0.873. The minimum absolute atomic E-state index is 0.00991. The molecule has 2 aromatic carbocycles. The smallest absolute Gasteiger partial charge is 0.124 e. The molecule has 1 nitrogen and oxygen atoms in total. The Bertz CT molecular complexity index is 513. The first-order valence-electron chi connectivity index (χ1n) is 5.95. The van der Waals surface area contributed by atoms with Crippen molar-refractivity contribution in [1.29, 1.82) is 0 Å². The molecule has 94 valence electrons. The SMILES string of the molecule is CCNC(c1ccccc1)c1ccc(F)cc1Cl. The summed E-state index contributed by atoms with van der Waals surface area (Å²) in [6.07, 6.45) is 0. The number of hydrogen-bond acceptors (Lipinski definition) is 1. The highest BCUT2D eigenvalue weighted by Crippen LogP contribution is 2.28. The number of benzene rings is 2. The van der Waals surface area contributed by atoms with Crippen molar-refractivity contribution in [3.05, 3.63) is 70.5 Å². The van der Waals surface area contributed by atoms with E-state index in [2.05, 4.69) is 5.32 Å². The van der Waals surface area contributed by atoms with Crippen LogP contribution in [0.1, 0.15) is 24.1 Å². The van der Waals surface area contributed by atoms with Crippen LogP contribution in [0.2, 0.25) is 5.02 Å². The Morgan fingerprint density at radius 3 is 2.50 bits per heavy atom. The fourth-order valence-corrected chi connectivity index (χ4v) is 2.27. The molecular formula is C15H15ClFN. The highest BCUT2D eigenvalue weighted by Gasteiger charge is 2.15. The van der Waals surface area contributed by atoms with Crippen molar-refractivity contribution in [3.8, 4) is 0 Å². The molecule has 0 aliphatic rings. The van der Waals surface area contributed by atoms with E-state index < -0.39 is 0 Å². The van der Waals surface area contributed by atoms with Gasteiger partial charge in [-0.05, 0) is 29.8 Å². The first-order chi connectivity index (χ1) is 8.72. The van der Waals surface area contributed by atoms with Crippen LogP contribution in [0.4, 0.5) is 4.39 Å². The maximum atomic E-state index is 13.1. The molecule has 3 heteroatoms. The maximum absolute atomic E-state index is 13.1. The van der Waals surface area contributed by atoms with Crippen LogP contribution in [0, 0.1) is 5.82 Å². The lowest BCUT2D eigenvalue weighted by molar-refractivity contribution is 0.614. The van der Waals surface area contributed by atoms with Gasteiger partial charge < -0.3 is 5.32 Å². The number of halogens is 2. The summed E-state index contributed by atoms with van der Waals surface area (Å²) in [7, 11) is 0. The summed E-state index contributed by atoms with van der Waals surface area (Å²) in [5.74, 6) is -0.313. The van der Waals surface area contributed by atoms with E-state index >= 15 is 0 Å². The second kappa shape index (κ2) is 5.98. The molecule has 0 saturated heterocycles. The van der Waals surface area contributed by atoms with E-state index in [1.54, 1.807) is 6.07 Å². The first kappa shape index (κ1) is 13.1. The minimum atomic E-state index is -0.313. The Kier molecular flexibility index (Phi) is 4.34. The summed E-state index contributed by atoms with van der Waals surface area (Å²) in [5.41, 5.74) is 2.01. The van der Waals surface area contributed by atoms with E-state index in [-0.39, 0.29) is 11.9 Å². The Balaban J connectivity index is 2.41. The highest BCUT2D eigenvalue weighted by atomic mass is 35.5. The third kappa shape index (κ3) is 2.89. The van der Waals surface area contributed by atoms with Crippen molar-refractivity contribution in [1.82, 2.24) is 5.32 Å². The van der Waals surface area contributed by atoms with Gasteiger partial charge in [-0.1, -0.05) is 54.9 Å². The van der Waals surface area contributed by atoms with E-state index in [4.69, 9.17) is 11.6 Å². The molecule has 0 aromatic heterocycles. The average Bonchev–Trinajstić information content (AvgIpc) is 2.38.